The van der Waals surface area contributed by atoms with Crippen LogP contribution in [0.4, 0.5) is 0 Å². The van der Waals surface area contributed by atoms with Crippen molar-refractivity contribution >= 4 is 44.2 Å². The zero-order chi connectivity index (χ0) is 17.4. The molecule has 7 heteroatoms. The predicted octanol–water partition coefficient (Wildman–Crippen LogP) is 4.65. The highest BCUT2D eigenvalue weighted by molar-refractivity contribution is 9.10. The molecule has 25 heavy (non-hydrogen) atoms. The first kappa shape index (κ1) is 16.4. The summed E-state index contributed by atoms with van der Waals surface area (Å²) in [6.07, 6.45) is 0. The van der Waals surface area contributed by atoms with Gasteiger partial charge >= 0.3 is 0 Å². The van der Waals surface area contributed by atoms with E-state index in [4.69, 9.17) is 9.72 Å². The highest BCUT2D eigenvalue weighted by Gasteiger charge is 2.12. The second kappa shape index (κ2) is 6.65. The monoisotopic (exact) mass is 414 g/mol. The fourth-order valence-corrected chi connectivity index (χ4v) is 4.15. The third kappa shape index (κ3) is 3.09. The van der Waals surface area contributed by atoms with Crippen LogP contribution in [0.5, 0.6) is 5.75 Å². The lowest BCUT2D eigenvalue weighted by Crippen LogP contribution is -1.98. The highest BCUT2D eigenvalue weighted by atomic mass is 79.9. The molecule has 0 bridgehead atoms. The fourth-order valence-electron chi connectivity index (χ4n) is 2.67. The summed E-state index contributed by atoms with van der Waals surface area (Å²) in [5.74, 6) is 2.35. The number of thioether (sulfide) groups is 1. The minimum Gasteiger partial charge on any atom is -0.496 e. The summed E-state index contributed by atoms with van der Waals surface area (Å²) >= 11 is 5.17. The summed E-state index contributed by atoms with van der Waals surface area (Å²) < 4.78 is 8.06. The van der Waals surface area contributed by atoms with Crippen LogP contribution in [0.15, 0.2) is 52.1 Å². The van der Waals surface area contributed by atoms with Gasteiger partial charge in [0.15, 0.2) is 10.8 Å². The first-order valence-corrected chi connectivity index (χ1v) is 9.51. The van der Waals surface area contributed by atoms with Crippen molar-refractivity contribution in [3.8, 4) is 5.75 Å². The van der Waals surface area contributed by atoms with E-state index >= 15 is 0 Å². The van der Waals surface area contributed by atoms with Gasteiger partial charge in [-0.2, -0.15) is 4.52 Å². The number of aromatic nitrogens is 4. The number of hydrogen-bond donors (Lipinski definition) is 0. The highest BCUT2D eigenvalue weighted by Crippen LogP contribution is 2.30. The molecule has 2 heterocycles. The molecule has 0 saturated heterocycles. The summed E-state index contributed by atoms with van der Waals surface area (Å²) in [5.41, 5.74) is 2.96. The van der Waals surface area contributed by atoms with Gasteiger partial charge in [-0.15, -0.1) is 5.10 Å². The van der Waals surface area contributed by atoms with Crippen LogP contribution in [0.1, 0.15) is 11.4 Å². The minimum atomic E-state index is 0.743. The topological polar surface area (TPSA) is 52.3 Å². The third-order valence-electron chi connectivity index (χ3n) is 3.84. The van der Waals surface area contributed by atoms with Gasteiger partial charge in [0, 0.05) is 11.1 Å². The number of methoxy groups -OCH3 is 1. The molecule has 0 atom stereocenters. The van der Waals surface area contributed by atoms with Crippen LogP contribution in [-0.4, -0.2) is 26.7 Å². The summed E-state index contributed by atoms with van der Waals surface area (Å²) in [4.78, 5) is 9.34. The Morgan fingerprint density at radius 3 is 2.80 bits per heavy atom. The van der Waals surface area contributed by atoms with Crippen LogP contribution >= 0.6 is 27.7 Å². The molecular weight excluding hydrogens is 400 g/mol. The van der Waals surface area contributed by atoms with Crippen molar-refractivity contribution in [2.45, 2.75) is 17.8 Å². The maximum absolute atomic E-state index is 5.28. The summed E-state index contributed by atoms with van der Waals surface area (Å²) in [6.45, 7) is 1.90. The Labute approximate surface area is 157 Å². The van der Waals surface area contributed by atoms with Gasteiger partial charge in [0.2, 0.25) is 0 Å². The van der Waals surface area contributed by atoms with Crippen molar-refractivity contribution in [1.29, 1.82) is 0 Å². The lowest BCUT2D eigenvalue weighted by atomic mass is 10.2. The van der Waals surface area contributed by atoms with E-state index in [-0.39, 0.29) is 0 Å². The molecule has 2 aromatic carbocycles. The zero-order valence-electron chi connectivity index (χ0n) is 13.7. The molecule has 0 fully saturated rings. The fraction of sp³-hybridized carbons (Fsp3) is 0.167. The molecule has 2 aromatic heterocycles. The summed E-state index contributed by atoms with van der Waals surface area (Å²) in [6, 6.07) is 14.1. The Morgan fingerprint density at radius 1 is 1.16 bits per heavy atom. The molecule has 0 unspecified atom stereocenters. The van der Waals surface area contributed by atoms with Crippen LogP contribution in [0.25, 0.3) is 16.6 Å². The Kier molecular flexibility index (Phi) is 4.35. The molecule has 0 spiro atoms. The second-order valence-corrected chi connectivity index (χ2v) is 7.36. The number of fused-ring (bicyclic) bond motifs is 3. The second-order valence-electron chi connectivity index (χ2n) is 5.56. The van der Waals surface area contributed by atoms with E-state index in [9.17, 15) is 0 Å². The van der Waals surface area contributed by atoms with Crippen LogP contribution < -0.4 is 4.74 Å². The smallest absolute Gasteiger partial charge is 0.191 e. The number of nitrogens with zero attached hydrogens (tertiary/aromatic N) is 4. The number of rotatable bonds is 4. The van der Waals surface area contributed by atoms with Crippen LogP contribution in [0.3, 0.4) is 0 Å². The van der Waals surface area contributed by atoms with Crippen molar-refractivity contribution in [2.24, 2.45) is 0 Å². The van der Waals surface area contributed by atoms with Crippen molar-refractivity contribution in [3.05, 3.63) is 58.3 Å². The zero-order valence-corrected chi connectivity index (χ0v) is 16.1. The molecule has 126 valence electrons. The average Bonchev–Trinajstić information content (AvgIpc) is 3.01. The Balaban J connectivity index is 1.72. The number of halogens is 1. The minimum absolute atomic E-state index is 0.743. The van der Waals surface area contributed by atoms with Gasteiger partial charge in [0.1, 0.15) is 11.6 Å². The maximum Gasteiger partial charge on any atom is 0.191 e. The lowest BCUT2D eigenvalue weighted by Gasteiger charge is -2.08. The number of benzene rings is 2. The van der Waals surface area contributed by atoms with E-state index < -0.39 is 0 Å². The summed E-state index contributed by atoms with van der Waals surface area (Å²) in [7, 11) is 1.66. The van der Waals surface area contributed by atoms with Crippen molar-refractivity contribution < 1.29 is 4.74 Å². The van der Waals surface area contributed by atoms with Crippen molar-refractivity contribution in [1.82, 2.24) is 19.6 Å². The molecule has 4 rings (SSSR count). The van der Waals surface area contributed by atoms with Crippen LogP contribution in [-0.2, 0) is 5.75 Å². The van der Waals surface area contributed by atoms with E-state index in [2.05, 4.69) is 38.1 Å². The largest absolute Gasteiger partial charge is 0.496 e. The van der Waals surface area contributed by atoms with E-state index in [1.165, 1.54) is 5.56 Å². The molecule has 0 amide bonds. The number of para-hydroxylation sites is 1. The van der Waals surface area contributed by atoms with Crippen molar-refractivity contribution in [2.75, 3.05) is 7.11 Å². The van der Waals surface area contributed by atoms with Gasteiger partial charge in [-0.25, -0.2) is 9.97 Å². The maximum atomic E-state index is 5.28. The van der Waals surface area contributed by atoms with E-state index in [1.807, 2.05) is 41.8 Å². The lowest BCUT2D eigenvalue weighted by molar-refractivity contribution is 0.412. The van der Waals surface area contributed by atoms with Crippen molar-refractivity contribution in [3.63, 3.8) is 0 Å². The summed E-state index contributed by atoms with van der Waals surface area (Å²) in [5, 5.41) is 6.36. The standard InChI is InChI=1S/C18H15BrN4OS/c1-11-20-17-13-5-3-4-6-15(13)21-18(23(17)22-11)25-10-12-7-8-16(24-2)14(19)9-12/h3-9H,10H2,1-2H3. The molecule has 5 nitrogen and oxygen atoms in total. The van der Waals surface area contributed by atoms with Gasteiger partial charge in [-0.1, -0.05) is 30.0 Å². The molecule has 4 aromatic rings. The van der Waals surface area contributed by atoms with E-state index in [0.717, 1.165) is 43.5 Å². The number of ether oxygens (including phenoxy) is 1. The quantitative estimate of drug-likeness (QED) is 0.359. The molecule has 0 radical (unpaired) electrons. The Hall–Kier alpha value is -2.12. The van der Waals surface area contributed by atoms with Gasteiger partial charge in [-0.05, 0) is 52.7 Å². The van der Waals surface area contributed by atoms with E-state index in [1.54, 1.807) is 18.9 Å². The van der Waals surface area contributed by atoms with Gasteiger partial charge < -0.3 is 4.74 Å². The normalized spacial score (nSPS) is 11.3. The predicted molar refractivity (Wildman–Crippen MR) is 103 cm³/mol. The Morgan fingerprint density at radius 2 is 2.00 bits per heavy atom. The molecule has 0 aliphatic carbocycles. The number of aryl methyl sites for hydroxylation is 1. The van der Waals surface area contributed by atoms with Gasteiger partial charge in [0.05, 0.1) is 17.1 Å². The van der Waals surface area contributed by atoms with Gasteiger partial charge in [-0.3, -0.25) is 0 Å². The molecule has 0 N–H and O–H groups in total. The van der Waals surface area contributed by atoms with Gasteiger partial charge in [0.25, 0.3) is 0 Å². The van der Waals surface area contributed by atoms with E-state index in [0.29, 0.717) is 0 Å². The SMILES string of the molecule is COc1ccc(CSc2nc3ccccc3c3nc(C)nn23)cc1Br. The molecule has 0 saturated carbocycles. The Bertz CT molecular complexity index is 1080. The number of hydrogen-bond acceptors (Lipinski definition) is 5. The molecule has 0 aliphatic rings. The average molecular weight is 415 g/mol. The molecule has 0 aliphatic heterocycles. The first-order chi connectivity index (χ1) is 12.2. The first-order valence-electron chi connectivity index (χ1n) is 7.73. The molecular formula is C18H15BrN4OS. The van der Waals surface area contributed by atoms with Crippen LogP contribution in [0, 0.1) is 6.92 Å². The third-order valence-corrected chi connectivity index (χ3v) is 5.46. The van der Waals surface area contributed by atoms with Crippen LogP contribution in [0.2, 0.25) is 0 Å².